The van der Waals surface area contributed by atoms with E-state index in [4.69, 9.17) is 18.3 Å². The van der Waals surface area contributed by atoms with E-state index in [1.54, 1.807) is 12.1 Å². The fourth-order valence-electron chi connectivity index (χ4n) is 2.85. The lowest BCUT2D eigenvalue weighted by Gasteiger charge is -2.25. The number of benzene rings is 1. The van der Waals surface area contributed by atoms with Gasteiger partial charge in [-0.1, -0.05) is 23.9 Å². The van der Waals surface area contributed by atoms with Crippen molar-refractivity contribution in [2.75, 3.05) is 6.61 Å². The number of thioether (sulfide) groups is 1. The fraction of sp³-hybridized carbons (Fsp3) is 0.222. The Kier molecular flexibility index (Phi) is 4.76. The van der Waals surface area contributed by atoms with Crippen LogP contribution in [-0.4, -0.2) is 31.6 Å². The lowest BCUT2D eigenvalue weighted by molar-refractivity contribution is 0.0825. The number of nitrogens with zero attached hydrogens (tertiary/aromatic N) is 5. The van der Waals surface area contributed by atoms with Gasteiger partial charge in [0.25, 0.3) is 5.89 Å². The summed E-state index contributed by atoms with van der Waals surface area (Å²) in [5.41, 5.74) is 0. The third-order valence-electron chi connectivity index (χ3n) is 4.24. The first-order chi connectivity index (χ1) is 14.2. The van der Waals surface area contributed by atoms with E-state index >= 15 is 0 Å². The van der Waals surface area contributed by atoms with Crippen LogP contribution in [0.25, 0.3) is 11.7 Å². The third-order valence-corrected chi connectivity index (χ3v) is 5.67. The van der Waals surface area contributed by atoms with E-state index in [9.17, 15) is 0 Å². The molecule has 0 amide bonds. The van der Waals surface area contributed by atoms with Crippen LogP contribution in [0.3, 0.4) is 0 Å². The second kappa shape index (κ2) is 7.56. The number of hydrogen-bond donors (Lipinski definition) is 0. The molecule has 9 nitrogen and oxygen atoms in total. The molecule has 0 saturated carbocycles. The normalized spacial score (nSPS) is 15.6. The zero-order valence-corrected chi connectivity index (χ0v) is 17.5. The van der Waals surface area contributed by atoms with Crippen molar-refractivity contribution in [3.05, 3.63) is 52.8 Å². The predicted molar refractivity (Wildman–Crippen MR) is 106 cm³/mol. The van der Waals surface area contributed by atoms with Crippen molar-refractivity contribution < 1.29 is 18.3 Å². The van der Waals surface area contributed by atoms with Crippen LogP contribution in [-0.2, 0) is 12.8 Å². The van der Waals surface area contributed by atoms with Gasteiger partial charge in [0.1, 0.15) is 6.61 Å². The number of para-hydroxylation sites is 2. The van der Waals surface area contributed by atoms with Crippen molar-refractivity contribution in [1.29, 1.82) is 0 Å². The number of fused-ring (bicyclic) bond motifs is 1. The van der Waals surface area contributed by atoms with Gasteiger partial charge in [0, 0.05) is 7.05 Å². The van der Waals surface area contributed by atoms with Gasteiger partial charge in [-0.15, -0.1) is 20.4 Å². The third kappa shape index (κ3) is 3.62. The van der Waals surface area contributed by atoms with E-state index in [0.29, 0.717) is 51.3 Å². The Labute approximate surface area is 177 Å². The average molecular weight is 476 g/mol. The molecule has 1 aromatic carbocycles. The Balaban J connectivity index is 1.27. The molecule has 1 unspecified atom stereocenters. The lowest BCUT2D eigenvalue weighted by atomic mass is 10.2. The molecule has 0 aliphatic carbocycles. The average Bonchev–Trinajstić information content (AvgIpc) is 3.46. The van der Waals surface area contributed by atoms with Gasteiger partial charge in [0.2, 0.25) is 5.89 Å². The topological polar surface area (TPSA) is 101 Å². The SMILES string of the molecule is Cn1c(SCc2nnc(-c3ccc(Br)o3)o2)nnc1C1COc2ccccc2O1. The number of hydrogen-bond acceptors (Lipinski definition) is 9. The van der Waals surface area contributed by atoms with E-state index in [0.717, 1.165) is 5.75 Å². The van der Waals surface area contributed by atoms with Crippen LogP contribution in [0.4, 0.5) is 0 Å². The molecule has 4 heterocycles. The summed E-state index contributed by atoms with van der Waals surface area (Å²) in [7, 11) is 1.89. The molecule has 11 heteroatoms. The van der Waals surface area contributed by atoms with E-state index in [1.165, 1.54) is 11.8 Å². The summed E-state index contributed by atoms with van der Waals surface area (Å²) >= 11 is 4.69. The molecule has 0 saturated heterocycles. The van der Waals surface area contributed by atoms with Crippen molar-refractivity contribution in [1.82, 2.24) is 25.0 Å². The van der Waals surface area contributed by atoms with Gasteiger partial charge in [0.15, 0.2) is 39.0 Å². The standard InChI is InChI=1S/C18H14BrN5O4S/c1-24-16(13-8-25-10-4-2-3-5-11(10)26-13)21-23-18(24)29-9-15-20-22-17(28-15)12-6-7-14(19)27-12/h2-7,13H,8-9H2,1H3. The maximum Gasteiger partial charge on any atom is 0.283 e. The molecule has 29 heavy (non-hydrogen) atoms. The Morgan fingerprint density at radius 2 is 1.93 bits per heavy atom. The largest absolute Gasteiger partial charge is 0.485 e. The maximum absolute atomic E-state index is 6.02. The van der Waals surface area contributed by atoms with Crippen LogP contribution in [0.2, 0.25) is 0 Å². The number of halogens is 1. The molecule has 5 rings (SSSR count). The van der Waals surface area contributed by atoms with Crippen molar-refractivity contribution in [2.45, 2.75) is 17.0 Å². The molecule has 0 radical (unpaired) electrons. The molecule has 1 aliphatic heterocycles. The molecule has 148 valence electrons. The van der Waals surface area contributed by atoms with Gasteiger partial charge in [0.05, 0.1) is 5.75 Å². The van der Waals surface area contributed by atoms with Crippen LogP contribution >= 0.6 is 27.7 Å². The molecule has 0 bridgehead atoms. The number of rotatable bonds is 5. The maximum atomic E-state index is 6.02. The minimum absolute atomic E-state index is 0.329. The van der Waals surface area contributed by atoms with Crippen LogP contribution in [0.1, 0.15) is 17.8 Å². The number of furan rings is 1. The zero-order valence-electron chi connectivity index (χ0n) is 15.1. The minimum Gasteiger partial charge on any atom is -0.485 e. The van der Waals surface area contributed by atoms with Gasteiger partial charge in [-0.3, -0.25) is 0 Å². The first kappa shape index (κ1) is 18.3. The van der Waals surface area contributed by atoms with Crippen LogP contribution < -0.4 is 9.47 Å². The Hall–Kier alpha value is -2.79. The highest BCUT2D eigenvalue weighted by Gasteiger charge is 2.27. The Bertz CT molecular complexity index is 1160. The molecule has 1 atom stereocenters. The quantitative estimate of drug-likeness (QED) is 0.395. The van der Waals surface area contributed by atoms with Crippen LogP contribution in [0.15, 0.2) is 55.1 Å². The van der Waals surface area contributed by atoms with Gasteiger partial charge in [-0.2, -0.15) is 0 Å². The van der Waals surface area contributed by atoms with Crippen molar-refractivity contribution in [3.63, 3.8) is 0 Å². The number of aromatic nitrogens is 5. The molecule has 0 N–H and O–H groups in total. The Morgan fingerprint density at radius 3 is 2.76 bits per heavy atom. The molecular formula is C18H14BrN5O4S. The second-order valence-corrected chi connectivity index (χ2v) is 7.88. The summed E-state index contributed by atoms with van der Waals surface area (Å²) in [5.74, 6) is 3.88. The summed E-state index contributed by atoms with van der Waals surface area (Å²) in [6.45, 7) is 0.374. The molecule has 0 spiro atoms. The lowest BCUT2D eigenvalue weighted by Crippen LogP contribution is -2.24. The van der Waals surface area contributed by atoms with Crippen molar-refractivity contribution in [3.8, 4) is 23.1 Å². The Morgan fingerprint density at radius 1 is 1.07 bits per heavy atom. The van der Waals surface area contributed by atoms with Gasteiger partial charge in [-0.05, 0) is 40.2 Å². The summed E-state index contributed by atoms with van der Waals surface area (Å²) in [6.07, 6.45) is -0.329. The predicted octanol–water partition coefficient (Wildman–Crippen LogP) is 4.03. The van der Waals surface area contributed by atoms with E-state index in [1.807, 2.05) is 35.9 Å². The minimum atomic E-state index is -0.329. The summed E-state index contributed by atoms with van der Waals surface area (Å²) in [4.78, 5) is 0. The molecular weight excluding hydrogens is 462 g/mol. The summed E-state index contributed by atoms with van der Waals surface area (Å²) < 4.78 is 25.3. The zero-order chi connectivity index (χ0) is 19.8. The number of ether oxygens (including phenoxy) is 2. The highest BCUT2D eigenvalue weighted by atomic mass is 79.9. The van der Waals surface area contributed by atoms with Gasteiger partial charge >= 0.3 is 0 Å². The second-order valence-electron chi connectivity index (χ2n) is 6.16. The van der Waals surface area contributed by atoms with Gasteiger partial charge < -0.3 is 22.9 Å². The van der Waals surface area contributed by atoms with Gasteiger partial charge in [-0.25, -0.2) is 0 Å². The van der Waals surface area contributed by atoms with E-state index in [2.05, 4.69) is 36.3 Å². The van der Waals surface area contributed by atoms with Crippen molar-refractivity contribution >= 4 is 27.7 Å². The van der Waals surface area contributed by atoms with Crippen molar-refractivity contribution in [2.24, 2.45) is 7.05 Å². The monoisotopic (exact) mass is 475 g/mol. The highest BCUT2D eigenvalue weighted by molar-refractivity contribution is 9.10. The molecule has 3 aromatic heterocycles. The van der Waals surface area contributed by atoms with Crippen LogP contribution in [0, 0.1) is 0 Å². The van der Waals surface area contributed by atoms with E-state index < -0.39 is 0 Å². The molecule has 1 aliphatic rings. The van der Waals surface area contributed by atoms with E-state index in [-0.39, 0.29) is 6.10 Å². The summed E-state index contributed by atoms with van der Waals surface area (Å²) in [5, 5.41) is 17.3. The smallest absolute Gasteiger partial charge is 0.283 e. The molecule has 4 aromatic rings. The molecule has 0 fully saturated rings. The summed E-state index contributed by atoms with van der Waals surface area (Å²) in [6, 6.07) is 11.1. The van der Waals surface area contributed by atoms with Crippen LogP contribution in [0.5, 0.6) is 11.5 Å². The first-order valence-corrected chi connectivity index (χ1v) is 10.4. The first-order valence-electron chi connectivity index (χ1n) is 8.66. The fourth-order valence-corrected chi connectivity index (χ4v) is 3.91. The highest BCUT2D eigenvalue weighted by Crippen LogP contribution is 2.36.